The van der Waals surface area contributed by atoms with Gasteiger partial charge in [0.25, 0.3) is 5.91 Å². The van der Waals surface area contributed by atoms with Gasteiger partial charge >= 0.3 is 0 Å². The van der Waals surface area contributed by atoms with Crippen molar-refractivity contribution in [1.29, 1.82) is 0 Å². The minimum absolute atomic E-state index is 0.0268. The molecule has 0 unspecified atom stereocenters. The van der Waals surface area contributed by atoms with E-state index >= 15 is 0 Å². The fourth-order valence-corrected chi connectivity index (χ4v) is 3.17. The van der Waals surface area contributed by atoms with Gasteiger partial charge in [-0.05, 0) is 30.3 Å². The Labute approximate surface area is 150 Å². The second kappa shape index (κ2) is 8.72. The highest BCUT2D eigenvalue weighted by atomic mass is 32.2. The Bertz CT molecular complexity index is 888. The van der Waals surface area contributed by atoms with Gasteiger partial charge in [-0.15, -0.1) is 0 Å². The zero-order valence-electron chi connectivity index (χ0n) is 14.0. The lowest BCUT2D eigenvalue weighted by Crippen LogP contribution is -2.29. The molecule has 0 aromatic heterocycles. The van der Waals surface area contributed by atoms with E-state index in [0.29, 0.717) is 5.75 Å². The summed E-state index contributed by atoms with van der Waals surface area (Å²) in [6.07, 6.45) is 0. The highest BCUT2D eigenvalue weighted by Gasteiger charge is 2.18. The molecular weight excluding hydrogens is 366 g/mol. The first-order valence-corrected chi connectivity index (χ1v) is 9.27. The number of benzene rings is 2. The standard InChI is InChI=1S/C17H18F2N2O4S/c1-2-21-26(23,24)14-6-7-16(19)15(11-14)17(22)20-8-9-25-13-5-3-4-12(18)10-13/h3-7,10-11,21H,2,8-9H2,1H3,(H,20,22). The molecule has 0 fully saturated rings. The number of rotatable bonds is 8. The van der Waals surface area contributed by atoms with Crippen LogP contribution in [0.5, 0.6) is 5.75 Å². The van der Waals surface area contributed by atoms with Crippen molar-refractivity contribution in [2.75, 3.05) is 19.7 Å². The van der Waals surface area contributed by atoms with Crippen LogP contribution in [-0.2, 0) is 10.0 Å². The number of sulfonamides is 1. The Kier molecular flexibility index (Phi) is 6.64. The van der Waals surface area contributed by atoms with E-state index in [1.54, 1.807) is 13.0 Å². The second-order valence-corrected chi connectivity index (χ2v) is 6.97. The van der Waals surface area contributed by atoms with Crippen molar-refractivity contribution in [1.82, 2.24) is 10.0 Å². The molecule has 9 heteroatoms. The van der Waals surface area contributed by atoms with Gasteiger partial charge in [0.1, 0.15) is 24.0 Å². The van der Waals surface area contributed by atoms with Crippen LogP contribution in [0.1, 0.15) is 17.3 Å². The van der Waals surface area contributed by atoms with Crippen LogP contribution in [0.2, 0.25) is 0 Å². The molecule has 0 aliphatic carbocycles. The van der Waals surface area contributed by atoms with Gasteiger partial charge in [-0.1, -0.05) is 13.0 Å². The molecule has 0 aliphatic rings. The Morgan fingerprint density at radius 2 is 1.92 bits per heavy atom. The van der Waals surface area contributed by atoms with E-state index in [1.165, 1.54) is 18.2 Å². The van der Waals surface area contributed by atoms with E-state index in [0.717, 1.165) is 18.2 Å². The molecule has 26 heavy (non-hydrogen) atoms. The van der Waals surface area contributed by atoms with Crippen LogP contribution in [0.4, 0.5) is 8.78 Å². The second-order valence-electron chi connectivity index (χ2n) is 5.20. The van der Waals surface area contributed by atoms with Crippen molar-refractivity contribution in [3.63, 3.8) is 0 Å². The van der Waals surface area contributed by atoms with Crippen LogP contribution < -0.4 is 14.8 Å². The SMILES string of the molecule is CCNS(=O)(=O)c1ccc(F)c(C(=O)NCCOc2cccc(F)c2)c1. The van der Waals surface area contributed by atoms with Crippen LogP contribution in [0.3, 0.4) is 0 Å². The maximum atomic E-state index is 13.9. The number of halogens is 2. The quantitative estimate of drug-likeness (QED) is 0.683. The maximum Gasteiger partial charge on any atom is 0.254 e. The number of carbonyl (C=O) groups excluding carboxylic acids is 1. The molecular formula is C17H18F2N2O4S. The van der Waals surface area contributed by atoms with Gasteiger partial charge < -0.3 is 10.1 Å². The normalized spacial score (nSPS) is 11.2. The predicted molar refractivity (Wildman–Crippen MR) is 91.5 cm³/mol. The summed E-state index contributed by atoms with van der Waals surface area (Å²) in [4.78, 5) is 11.9. The third-order valence-electron chi connectivity index (χ3n) is 3.28. The summed E-state index contributed by atoms with van der Waals surface area (Å²) in [6.45, 7) is 1.83. The maximum absolute atomic E-state index is 13.9. The molecule has 2 rings (SSSR count). The third kappa shape index (κ3) is 5.24. The minimum atomic E-state index is -3.81. The van der Waals surface area contributed by atoms with Crippen molar-refractivity contribution in [3.05, 3.63) is 59.7 Å². The molecule has 0 atom stereocenters. The fraction of sp³-hybridized carbons (Fsp3) is 0.235. The predicted octanol–water partition coefficient (Wildman–Crippen LogP) is 2.07. The van der Waals surface area contributed by atoms with Crippen LogP contribution in [0.25, 0.3) is 0 Å². The lowest BCUT2D eigenvalue weighted by molar-refractivity contribution is 0.0942. The van der Waals surface area contributed by atoms with Gasteiger partial charge in [-0.25, -0.2) is 21.9 Å². The first kappa shape index (κ1) is 19.8. The van der Waals surface area contributed by atoms with E-state index in [2.05, 4.69) is 10.0 Å². The molecule has 0 bridgehead atoms. The lowest BCUT2D eigenvalue weighted by atomic mass is 10.2. The molecule has 0 saturated carbocycles. The molecule has 0 spiro atoms. The van der Waals surface area contributed by atoms with E-state index in [4.69, 9.17) is 4.74 Å². The van der Waals surface area contributed by atoms with E-state index in [1.807, 2.05) is 0 Å². The summed E-state index contributed by atoms with van der Waals surface area (Å²) >= 11 is 0. The van der Waals surface area contributed by atoms with Gasteiger partial charge in [0.05, 0.1) is 17.0 Å². The minimum Gasteiger partial charge on any atom is -0.492 e. The number of nitrogens with one attached hydrogen (secondary N) is 2. The van der Waals surface area contributed by atoms with Crippen LogP contribution in [0, 0.1) is 11.6 Å². The molecule has 0 heterocycles. The Hall–Kier alpha value is -2.52. The van der Waals surface area contributed by atoms with Crippen LogP contribution in [-0.4, -0.2) is 34.0 Å². The largest absolute Gasteiger partial charge is 0.492 e. The van der Waals surface area contributed by atoms with Crippen molar-refractivity contribution < 1.29 is 26.7 Å². The van der Waals surface area contributed by atoms with Crippen molar-refractivity contribution in [2.45, 2.75) is 11.8 Å². The monoisotopic (exact) mass is 384 g/mol. The van der Waals surface area contributed by atoms with Gasteiger partial charge in [0, 0.05) is 12.6 Å². The first-order chi connectivity index (χ1) is 12.3. The fourth-order valence-electron chi connectivity index (χ4n) is 2.10. The summed E-state index contributed by atoms with van der Waals surface area (Å²) in [5, 5.41) is 2.42. The zero-order chi connectivity index (χ0) is 19.2. The van der Waals surface area contributed by atoms with E-state index in [9.17, 15) is 22.0 Å². The summed E-state index contributed by atoms with van der Waals surface area (Å²) < 4.78 is 58.3. The number of hydrogen-bond acceptors (Lipinski definition) is 4. The number of ether oxygens (including phenoxy) is 1. The molecule has 6 nitrogen and oxygen atoms in total. The van der Waals surface area contributed by atoms with Crippen molar-refractivity contribution in [2.24, 2.45) is 0 Å². The van der Waals surface area contributed by atoms with Gasteiger partial charge in [-0.3, -0.25) is 4.79 Å². The topological polar surface area (TPSA) is 84.5 Å². The number of hydrogen-bond donors (Lipinski definition) is 2. The summed E-state index contributed by atoms with van der Waals surface area (Å²) in [6, 6.07) is 8.46. The molecule has 2 N–H and O–H groups in total. The zero-order valence-corrected chi connectivity index (χ0v) is 14.8. The highest BCUT2D eigenvalue weighted by Crippen LogP contribution is 2.15. The molecule has 2 aromatic carbocycles. The highest BCUT2D eigenvalue weighted by molar-refractivity contribution is 7.89. The van der Waals surface area contributed by atoms with Gasteiger partial charge in [-0.2, -0.15) is 0 Å². The smallest absolute Gasteiger partial charge is 0.254 e. The van der Waals surface area contributed by atoms with Crippen molar-refractivity contribution >= 4 is 15.9 Å². The number of carbonyl (C=O) groups is 1. The summed E-state index contributed by atoms with van der Waals surface area (Å²) in [5.41, 5.74) is -0.394. The molecule has 1 amide bonds. The Balaban J connectivity index is 1.98. The molecule has 0 aliphatic heterocycles. The molecule has 0 saturated heterocycles. The third-order valence-corrected chi connectivity index (χ3v) is 4.82. The summed E-state index contributed by atoms with van der Waals surface area (Å²) in [7, 11) is -3.81. The Morgan fingerprint density at radius 1 is 1.15 bits per heavy atom. The first-order valence-electron chi connectivity index (χ1n) is 7.79. The molecule has 140 valence electrons. The average molecular weight is 384 g/mol. The van der Waals surface area contributed by atoms with E-state index in [-0.39, 0.29) is 24.6 Å². The van der Waals surface area contributed by atoms with Crippen molar-refractivity contribution in [3.8, 4) is 5.75 Å². The van der Waals surface area contributed by atoms with E-state index < -0.39 is 33.1 Å². The molecule has 2 aromatic rings. The van der Waals surface area contributed by atoms with Crippen LogP contribution >= 0.6 is 0 Å². The summed E-state index contributed by atoms with van der Waals surface area (Å²) in [5.74, 6) is -1.78. The Morgan fingerprint density at radius 3 is 2.62 bits per heavy atom. The van der Waals surface area contributed by atoms with Crippen LogP contribution in [0.15, 0.2) is 47.4 Å². The van der Waals surface area contributed by atoms with Gasteiger partial charge in [0.15, 0.2) is 0 Å². The average Bonchev–Trinajstić information content (AvgIpc) is 2.59. The lowest BCUT2D eigenvalue weighted by Gasteiger charge is -2.10. The molecule has 0 radical (unpaired) electrons. The number of amides is 1. The van der Waals surface area contributed by atoms with Gasteiger partial charge in [0.2, 0.25) is 10.0 Å².